The number of hydrogen-bond acceptors (Lipinski definition) is 3. The van der Waals surface area contributed by atoms with Crippen molar-refractivity contribution in [2.24, 2.45) is 10.9 Å². The third-order valence-corrected chi connectivity index (χ3v) is 6.15. The zero-order chi connectivity index (χ0) is 19.0. The van der Waals surface area contributed by atoms with Crippen molar-refractivity contribution in [2.75, 3.05) is 32.4 Å². The standard InChI is InChI=1S/C19H32N4O2S.HI/c1-4-17-8-6-7-9-18(17)15-22-19(20-5-2)21-14-16-10-12-23(13-11-16)26(3,24)25;/h6-9,16H,4-5,10-15H2,1-3H3,(H2,20,21,22);1H. The second-order valence-electron chi connectivity index (χ2n) is 6.80. The van der Waals surface area contributed by atoms with Crippen LogP contribution in [0, 0.1) is 5.92 Å². The minimum atomic E-state index is -3.06. The number of aryl methyl sites for hydroxylation is 1. The molecule has 2 N–H and O–H groups in total. The molecule has 0 atom stereocenters. The molecule has 0 saturated carbocycles. The van der Waals surface area contributed by atoms with Crippen LogP contribution >= 0.6 is 24.0 Å². The number of nitrogens with one attached hydrogen (secondary N) is 2. The molecule has 1 fully saturated rings. The summed E-state index contributed by atoms with van der Waals surface area (Å²) in [4.78, 5) is 4.72. The third kappa shape index (κ3) is 7.95. The smallest absolute Gasteiger partial charge is 0.211 e. The summed E-state index contributed by atoms with van der Waals surface area (Å²) < 4.78 is 24.8. The molecule has 1 aliphatic heterocycles. The normalized spacial score (nSPS) is 16.6. The average Bonchev–Trinajstić information content (AvgIpc) is 2.64. The lowest BCUT2D eigenvalue weighted by atomic mass is 9.98. The van der Waals surface area contributed by atoms with Crippen LogP contribution in [0.5, 0.6) is 0 Å². The molecule has 6 nitrogen and oxygen atoms in total. The molecule has 0 aromatic heterocycles. The van der Waals surface area contributed by atoms with Crippen LogP contribution in [0.3, 0.4) is 0 Å². The quantitative estimate of drug-likeness (QED) is 0.338. The monoisotopic (exact) mass is 508 g/mol. The summed E-state index contributed by atoms with van der Waals surface area (Å²) in [7, 11) is -3.06. The van der Waals surface area contributed by atoms with E-state index in [0.717, 1.165) is 38.3 Å². The summed E-state index contributed by atoms with van der Waals surface area (Å²) in [6.07, 6.45) is 4.07. The molecule has 0 radical (unpaired) electrons. The maximum Gasteiger partial charge on any atom is 0.211 e. The van der Waals surface area contributed by atoms with Crippen LogP contribution in [0.4, 0.5) is 0 Å². The van der Waals surface area contributed by atoms with Crippen LogP contribution in [0.25, 0.3) is 0 Å². The summed E-state index contributed by atoms with van der Waals surface area (Å²) in [5.74, 6) is 1.30. The number of sulfonamides is 1. The lowest BCUT2D eigenvalue weighted by Crippen LogP contribution is -2.44. The predicted molar refractivity (Wildman–Crippen MR) is 123 cm³/mol. The summed E-state index contributed by atoms with van der Waals surface area (Å²) in [5, 5.41) is 6.72. The first-order valence-electron chi connectivity index (χ1n) is 9.48. The van der Waals surface area contributed by atoms with E-state index in [1.165, 1.54) is 17.4 Å². The molecule has 1 aromatic carbocycles. The van der Waals surface area contributed by atoms with Crippen molar-refractivity contribution in [3.63, 3.8) is 0 Å². The fraction of sp³-hybridized carbons (Fsp3) is 0.632. The third-order valence-electron chi connectivity index (χ3n) is 4.85. The number of benzene rings is 1. The molecule has 0 aliphatic carbocycles. The van der Waals surface area contributed by atoms with Gasteiger partial charge in [-0.3, -0.25) is 0 Å². The van der Waals surface area contributed by atoms with Gasteiger partial charge in [-0.15, -0.1) is 24.0 Å². The molecule has 1 heterocycles. The molecular formula is C19H33IN4O2S. The molecular weight excluding hydrogens is 475 g/mol. The number of aliphatic imine (C=N–C) groups is 1. The highest BCUT2D eigenvalue weighted by atomic mass is 127. The molecule has 0 bridgehead atoms. The van der Waals surface area contributed by atoms with Gasteiger partial charge >= 0.3 is 0 Å². The lowest BCUT2D eigenvalue weighted by Gasteiger charge is -2.30. The van der Waals surface area contributed by atoms with Gasteiger partial charge in [0, 0.05) is 26.2 Å². The maximum atomic E-state index is 11.6. The van der Waals surface area contributed by atoms with E-state index in [-0.39, 0.29) is 24.0 Å². The number of halogens is 1. The van der Waals surface area contributed by atoms with Gasteiger partial charge in [0.05, 0.1) is 12.8 Å². The lowest BCUT2D eigenvalue weighted by molar-refractivity contribution is 0.275. The number of hydrogen-bond donors (Lipinski definition) is 2. The molecule has 27 heavy (non-hydrogen) atoms. The van der Waals surface area contributed by atoms with E-state index in [9.17, 15) is 8.42 Å². The van der Waals surface area contributed by atoms with Gasteiger partial charge in [0.1, 0.15) is 0 Å². The van der Waals surface area contributed by atoms with Crippen molar-refractivity contribution in [1.29, 1.82) is 0 Å². The van der Waals surface area contributed by atoms with Crippen LogP contribution in [0.1, 0.15) is 37.8 Å². The van der Waals surface area contributed by atoms with Crippen molar-refractivity contribution in [2.45, 2.75) is 39.7 Å². The predicted octanol–water partition coefficient (Wildman–Crippen LogP) is 2.59. The topological polar surface area (TPSA) is 73.8 Å². The SMILES string of the molecule is CCNC(=NCc1ccccc1CC)NCC1CCN(S(C)(=O)=O)CC1.I. The largest absolute Gasteiger partial charge is 0.357 e. The van der Waals surface area contributed by atoms with E-state index in [4.69, 9.17) is 4.99 Å². The zero-order valence-electron chi connectivity index (χ0n) is 16.6. The van der Waals surface area contributed by atoms with Gasteiger partial charge in [-0.25, -0.2) is 17.7 Å². The van der Waals surface area contributed by atoms with Gasteiger partial charge in [0.2, 0.25) is 10.0 Å². The van der Waals surface area contributed by atoms with Gasteiger partial charge in [0.25, 0.3) is 0 Å². The first kappa shape index (κ1) is 24.2. The van der Waals surface area contributed by atoms with Gasteiger partial charge in [-0.1, -0.05) is 31.2 Å². The molecule has 0 unspecified atom stereocenters. The van der Waals surface area contributed by atoms with Crippen LogP contribution < -0.4 is 10.6 Å². The van der Waals surface area contributed by atoms with Crippen molar-refractivity contribution in [1.82, 2.24) is 14.9 Å². The van der Waals surface area contributed by atoms with E-state index in [1.54, 1.807) is 4.31 Å². The van der Waals surface area contributed by atoms with Gasteiger partial charge in [-0.2, -0.15) is 0 Å². The average molecular weight is 508 g/mol. The van der Waals surface area contributed by atoms with E-state index >= 15 is 0 Å². The Morgan fingerprint density at radius 3 is 2.33 bits per heavy atom. The Hall–Kier alpha value is -0.870. The molecule has 8 heteroatoms. The summed E-state index contributed by atoms with van der Waals surface area (Å²) in [5.41, 5.74) is 2.59. The molecule has 0 spiro atoms. The first-order valence-corrected chi connectivity index (χ1v) is 11.3. The van der Waals surface area contributed by atoms with E-state index in [1.807, 2.05) is 0 Å². The Bertz CT molecular complexity index is 701. The summed E-state index contributed by atoms with van der Waals surface area (Å²) >= 11 is 0. The summed E-state index contributed by atoms with van der Waals surface area (Å²) in [6.45, 7) is 7.74. The highest BCUT2D eigenvalue weighted by molar-refractivity contribution is 14.0. The van der Waals surface area contributed by atoms with Gasteiger partial charge in [-0.05, 0) is 43.2 Å². The fourth-order valence-electron chi connectivity index (χ4n) is 3.25. The van der Waals surface area contributed by atoms with E-state index in [0.29, 0.717) is 25.6 Å². The Labute approximate surface area is 181 Å². The molecule has 1 aliphatic rings. The van der Waals surface area contributed by atoms with Crippen molar-refractivity contribution < 1.29 is 8.42 Å². The zero-order valence-corrected chi connectivity index (χ0v) is 19.7. The Morgan fingerprint density at radius 2 is 1.78 bits per heavy atom. The Morgan fingerprint density at radius 1 is 1.15 bits per heavy atom. The minimum absolute atomic E-state index is 0. The number of guanidine groups is 1. The first-order chi connectivity index (χ1) is 12.4. The number of nitrogens with zero attached hydrogens (tertiary/aromatic N) is 2. The molecule has 1 aromatic rings. The number of piperidine rings is 1. The van der Waals surface area contributed by atoms with Crippen LogP contribution in [-0.2, 0) is 23.0 Å². The van der Waals surface area contributed by atoms with Gasteiger partial charge in [0.15, 0.2) is 5.96 Å². The van der Waals surface area contributed by atoms with Gasteiger partial charge < -0.3 is 10.6 Å². The van der Waals surface area contributed by atoms with Crippen molar-refractivity contribution in [3.05, 3.63) is 35.4 Å². The van der Waals surface area contributed by atoms with Crippen LogP contribution in [0.2, 0.25) is 0 Å². The van der Waals surface area contributed by atoms with Crippen molar-refractivity contribution >= 4 is 40.0 Å². The molecule has 1 saturated heterocycles. The molecule has 154 valence electrons. The van der Waals surface area contributed by atoms with Crippen LogP contribution in [0.15, 0.2) is 29.3 Å². The minimum Gasteiger partial charge on any atom is -0.357 e. The van der Waals surface area contributed by atoms with E-state index < -0.39 is 10.0 Å². The summed E-state index contributed by atoms with van der Waals surface area (Å²) in [6, 6.07) is 8.41. The second-order valence-corrected chi connectivity index (χ2v) is 8.79. The fourth-order valence-corrected chi connectivity index (χ4v) is 4.12. The highest BCUT2D eigenvalue weighted by Crippen LogP contribution is 2.18. The highest BCUT2D eigenvalue weighted by Gasteiger charge is 2.24. The molecule has 2 rings (SSSR count). The number of rotatable bonds is 7. The van der Waals surface area contributed by atoms with Crippen molar-refractivity contribution in [3.8, 4) is 0 Å². The van der Waals surface area contributed by atoms with Crippen LogP contribution in [-0.4, -0.2) is 51.1 Å². The Balaban J connectivity index is 0.00000364. The van der Waals surface area contributed by atoms with E-state index in [2.05, 4.69) is 48.7 Å². The Kier molecular flexibility index (Phi) is 10.6. The second kappa shape index (κ2) is 11.9. The molecule has 0 amide bonds. The maximum absolute atomic E-state index is 11.6.